The summed E-state index contributed by atoms with van der Waals surface area (Å²) >= 11 is 0. The molecule has 7 heteroatoms. The van der Waals surface area contributed by atoms with Crippen LogP contribution in [0.4, 0.5) is 5.69 Å². The van der Waals surface area contributed by atoms with Crippen LogP contribution in [-0.4, -0.2) is 40.7 Å². The van der Waals surface area contributed by atoms with Gasteiger partial charge in [-0.1, -0.05) is 6.07 Å². The zero-order valence-electron chi connectivity index (χ0n) is 11.8. The molecule has 1 aromatic heterocycles. The molecule has 112 valence electrons. The Labute approximate surface area is 124 Å². The monoisotopic (exact) mass is 306 g/mol. The van der Waals surface area contributed by atoms with E-state index in [1.54, 1.807) is 12.7 Å². The third-order valence-electron chi connectivity index (χ3n) is 3.92. The molecule has 1 N–H and O–H groups in total. The summed E-state index contributed by atoms with van der Waals surface area (Å²) in [5.74, 6) is 0. The SMILES string of the molecule is CS(=O)(=O)C1CCCC1Nc1cccc(-n2cnnc2)c1. The van der Waals surface area contributed by atoms with Crippen molar-refractivity contribution in [2.75, 3.05) is 11.6 Å². The number of hydrogen-bond acceptors (Lipinski definition) is 5. The first-order valence-electron chi connectivity index (χ1n) is 6.94. The molecule has 21 heavy (non-hydrogen) atoms. The van der Waals surface area contributed by atoms with Crippen molar-refractivity contribution in [3.63, 3.8) is 0 Å². The van der Waals surface area contributed by atoms with E-state index in [2.05, 4.69) is 15.5 Å². The maximum atomic E-state index is 11.8. The Kier molecular flexibility index (Phi) is 3.67. The second-order valence-electron chi connectivity index (χ2n) is 5.47. The van der Waals surface area contributed by atoms with E-state index in [4.69, 9.17) is 0 Å². The third kappa shape index (κ3) is 3.07. The summed E-state index contributed by atoms with van der Waals surface area (Å²) in [7, 11) is -3.01. The quantitative estimate of drug-likeness (QED) is 0.929. The smallest absolute Gasteiger partial charge is 0.152 e. The topological polar surface area (TPSA) is 76.9 Å². The molecule has 1 saturated carbocycles. The van der Waals surface area contributed by atoms with Gasteiger partial charge in [0.2, 0.25) is 0 Å². The first kappa shape index (κ1) is 14.1. The van der Waals surface area contributed by atoms with Crippen molar-refractivity contribution in [1.82, 2.24) is 14.8 Å². The van der Waals surface area contributed by atoms with Crippen LogP contribution < -0.4 is 5.32 Å². The van der Waals surface area contributed by atoms with Crippen molar-refractivity contribution in [2.45, 2.75) is 30.6 Å². The molecule has 0 aliphatic heterocycles. The maximum Gasteiger partial charge on any atom is 0.152 e. The highest BCUT2D eigenvalue weighted by Gasteiger charge is 2.34. The van der Waals surface area contributed by atoms with Gasteiger partial charge in [-0.05, 0) is 37.5 Å². The van der Waals surface area contributed by atoms with Crippen LogP contribution in [0.3, 0.4) is 0 Å². The minimum atomic E-state index is -3.01. The molecule has 1 aromatic carbocycles. The van der Waals surface area contributed by atoms with Crippen LogP contribution in [0.25, 0.3) is 5.69 Å². The molecule has 0 saturated heterocycles. The first-order valence-corrected chi connectivity index (χ1v) is 8.90. The summed E-state index contributed by atoms with van der Waals surface area (Å²) < 4.78 is 25.5. The summed E-state index contributed by atoms with van der Waals surface area (Å²) in [5, 5.41) is 10.6. The Morgan fingerprint density at radius 2 is 2.00 bits per heavy atom. The van der Waals surface area contributed by atoms with Crippen LogP contribution in [-0.2, 0) is 9.84 Å². The van der Waals surface area contributed by atoms with Gasteiger partial charge >= 0.3 is 0 Å². The fourth-order valence-corrected chi connectivity index (χ4v) is 4.30. The Bertz CT molecular complexity index is 712. The van der Waals surface area contributed by atoms with Gasteiger partial charge in [0.15, 0.2) is 9.84 Å². The van der Waals surface area contributed by atoms with Crippen molar-refractivity contribution in [1.29, 1.82) is 0 Å². The molecule has 3 rings (SSSR count). The Morgan fingerprint density at radius 1 is 1.24 bits per heavy atom. The molecule has 0 amide bonds. The average Bonchev–Trinajstić information content (AvgIpc) is 3.09. The molecule has 0 radical (unpaired) electrons. The number of sulfone groups is 1. The van der Waals surface area contributed by atoms with Crippen molar-refractivity contribution in [3.8, 4) is 5.69 Å². The van der Waals surface area contributed by atoms with E-state index in [0.29, 0.717) is 0 Å². The van der Waals surface area contributed by atoms with Gasteiger partial charge in [0, 0.05) is 18.0 Å². The molecule has 1 aliphatic carbocycles. The summed E-state index contributed by atoms with van der Waals surface area (Å²) in [5.41, 5.74) is 1.86. The molecule has 0 spiro atoms. The lowest BCUT2D eigenvalue weighted by Gasteiger charge is -2.21. The van der Waals surface area contributed by atoms with Gasteiger partial charge < -0.3 is 5.32 Å². The van der Waals surface area contributed by atoms with Crippen LogP contribution in [0.1, 0.15) is 19.3 Å². The highest BCUT2D eigenvalue weighted by atomic mass is 32.2. The van der Waals surface area contributed by atoms with Crippen molar-refractivity contribution in [3.05, 3.63) is 36.9 Å². The second-order valence-corrected chi connectivity index (χ2v) is 7.73. The van der Waals surface area contributed by atoms with E-state index in [1.165, 1.54) is 6.26 Å². The van der Waals surface area contributed by atoms with Gasteiger partial charge in [0.25, 0.3) is 0 Å². The van der Waals surface area contributed by atoms with Crippen LogP contribution >= 0.6 is 0 Å². The van der Waals surface area contributed by atoms with E-state index < -0.39 is 9.84 Å². The van der Waals surface area contributed by atoms with Crippen LogP contribution in [0.15, 0.2) is 36.9 Å². The van der Waals surface area contributed by atoms with Crippen molar-refractivity contribution >= 4 is 15.5 Å². The molecule has 6 nitrogen and oxygen atoms in total. The van der Waals surface area contributed by atoms with E-state index in [9.17, 15) is 8.42 Å². The lowest BCUT2D eigenvalue weighted by molar-refractivity contribution is 0.579. The largest absolute Gasteiger partial charge is 0.381 e. The molecular formula is C14H18N4O2S. The summed E-state index contributed by atoms with van der Waals surface area (Å²) in [4.78, 5) is 0. The molecule has 0 bridgehead atoms. The predicted octanol–water partition coefficient (Wildman–Crippen LogP) is 1.64. The normalized spacial score (nSPS) is 22.3. The minimum absolute atomic E-state index is 0.0174. The van der Waals surface area contributed by atoms with E-state index in [1.807, 2.05) is 28.8 Å². The number of hydrogen-bond donors (Lipinski definition) is 1. The van der Waals surface area contributed by atoms with Crippen LogP contribution in [0.5, 0.6) is 0 Å². The standard InChI is InChI=1S/C14H18N4O2S/c1-21(19,20)14-7-3-6-13(14)17-11-4-2-5-12(8-11)18-9-15-16-10-18/h2,4-5,8-10,13-14,17H,3,6-7H2,1H3. The van der Waals surface area contributed by atoms with Gasteiger partial charge in [-0.2, -0.15) is 0 Å². The molecule has 2 atom stereocenters. The van der Waals surface area contributed by atoms with Gasteiger partial charge in [0.05, 0.1) is 10.9 Å². The maximum absolute atomic E-state index is 11.8. The molecule has 2 unspecified atom stereocenters. The predicted molar refractivity (Wildman–Crippen MR) is 81.3 cm³/mol. The summed E-state index contributed by atoms with van der Waals surface area (Å²) in [6, 6.07) is 7.79. The highest BCUT2D eigenvalue weighted by molar-refractivity contribution is 7.91. The zero-order chi connectivity index (χ0) is 14.9. The lowest BCUT2D eigenvalue weighted by atomic mass is 10.2. The summed E-state index contributed by atoms with van der Waals surface area (Å²) in [6.07, 6.45) is 7.16. The van der Waals surface area contributed by atoms with Gasteiger partial charge in [-0.3, -0.25) is 4.57 Å². The highest BCUT2D eigenvalue weighted by Crippen LogP contribution is 2.28. The number of nitrogens with zero attached hydrogens (tertiary/aromatic N) is 3. The van der Waals surface area contributed by atoms with Crippen molar-refractivity contribution in [2.24, 2.45) is 0 Å². The number of anilines is 1. The second kappa shape index (κ2) is 5.48. The van der Waals surface area contributed by atoms with E-state index in [-0.39, 0.29) is 11.3 Å². The molecule has 1 heterocycles. The number of nitrogens with one attached hydrogen (secondary N) is 1. The number of rotatable bonds is 4. The lowest BCUT2D eigenvalue weighted by Crippen LogP contribution is -2.34. The molecule has 1 aliphatic rings. The molecule has 2 aromatic rings. The Balaban J connectivity index is 1.81. The minimum Gasteiger partial charge on any atom is -0.381 e. The van der Waals surface area contributed by atoms with Gasteiger partial charge in [-0.25, -0.2) is 8.42 Å². The van der Waals surface area contributed by atoms with Gasteiger partial charge in [0.1, 0.15) is 12.7 Å². The van der Waals surface area contributed by atoms with Crippen molar-refractivity contribution < 1.29 is 8.42 Å². The van der Waals surface area contributed by atoms with E-state index in [0.717, 1.165) is 30.6 Å². The van der Waals surface area contributed by atoms with Crippen LogP contribution in [0, 0.1) is 0 Å². The Morgan fingerprint density at radius 3 is 2.71 bits per heavy atom. The zero-order valence-corrected chi connectivity index (χ0v) is 12.6. The number of aromatic nitrogens is 3. The fraction of sp³-hybridized carbons (Fsp3) is 0.429. The van der Waals surface area contributed by atoms with Gasteiger partial charge in [-0.15, -0.1) is 10.2 Å². The van der Waals surface area contributed by atoms with E-state index >= 15 is 0 Å². The third-order valence-corrected chi connectivity index (χ3v) is 5.58. The fourth-order valence-electron chi connectivity index (χ4n) is 2.91. The van der Waals surface area contributed by atoms with Crippen LogP contribution in [0.2, 0.25) is 0 Å². The number of benzene rings is 1. The average molecular weight is 306 g/mol. The molecular weight excluding hydrogens is 288 g/mol. The summed E-state index contributed by atoms with van der Waals surface area (Å²) in [6.45, 7) is 0. The molecule has 1 fully saturated rings. The Hall–Kier alpha value is -1.89. The first-order chi connectivity index (χ1) is 10.0.